The highest BCUT2D eigenvalue weighted by Crippen LogP contribution is 2.13. The molecule has 0 radical (unpaired) electrons. The fourth-order valence-corrected chi connectivity index (χ4v) is 0.821. The molecule has 18 heavy (non-hydrogen) atoms. The van der Waals surface area contributed by atoms with E-state index in [9.17, 15) is 22.2 Å². The van der Waals surface area contributed by atoms with Gasteiger partial charge in [0.05, 0.1) is 6.54 Å². The Balaban J connectivity index is 0. The molecule has 0 aliphatic carbocycles. The average molecular weight is 291 g/mol. The van der Waals surface area contributed by atoms with Gasteiger partial charge in [-0.25, -0.2) is 14.0 Å². The van der Waals surface area contributed by atoms with Crippen LogP contribution >= 0.6 is 0 Å². The van der Waals surface area contributed by atoms with Crippen molar-refractivity contribution in [3.8, 4) is 0 Å². The molecular formula is C8H12F3NO5S. The molecule has 2 N–H and O–H groups in total. The van der Waals surface area contributed by atoms with E-state index < -0.39 is 27.8 Å². The summed E-state index contributed by atoms with van der Waals surface area (Å²) in [7, 11) is -2.09. The van der Waals surface area contributed by atoms with Gasteiger partial charge in [0.15, 0.2) is 0 Å². The molecular weight excluding hydrogens is 279 g/mol. The molecule has 0 spiro atoms. The molecule has 0 unspecified atom stereocenters. The Hall–Kier alpha value is -1.58. The quantitative estimate of drug-likeness (QED) is 0.754. The van der Waals surface area contributed by atoms with E-state index in [0.717, 1.165) is 6.08 Å². The predicted octanol–water partition coefficient (Wildman–Crippen LogP) is 0.988. The lowest BCUT2D eigenvalue weighted by Crippen LogP contribution is -2.21. The Morgan fingerprint density at radius 1 is 1.28 bits per heavy atom. The van der Waals surface area contributed by atoms with E-state index in [1.165, 1.54) is 18.6 Å². The summed E-state index contributed by atoms with van der Waals surface area (Å²) in [6.45, 7) is 0.193. The van der Waals surface area contributed by atoms with Crippen molar-refractivity contribution in [2.45, 2.75) is 6.18 Å². The number of carboxylic acid groups (broad SMARTS) is 2. The van der Waals surface area contributed by atoms with Crippen LogP contribution in [0, 0.1) is 0 Å². The summed E-state index contributed by atoms with van der Waals surface area (Å²) in [6.07, 6.45) is 0.257. The molecule has 0 amide bonds. The zero-order chi connectivity index (χ0) is 15.0. The minimum atomic E-state index is -5.08. The summed E-state index contributed by atoms with van der Waals surface area (Å²) in [5.74, 6) is -3.77. The van der Waals surface area contributed by atoms with Gasteiger partial charge in [-0.15, -0.1) is 0 Å². The fraction of sp³-hybridized carbons (Fsp3) is 0.500. The van der Waals surface area contributed by atoms with Gasteiger partial charge in [-0.1, -0.05) is 6.08 Å². The SMILES string of the molecule is CS(C)(=O)=NCC=CC(=O)O.O=C(O)C(F)(F)F. The maximum Gasteiger partial charge on any atom is 0.490 e. The van der Waals surface area contributed by atoms with Gasteiger partial charge in [-0.05, 0) is 0 Å². The van der Waals surface area contributed by atoms with Crippen LogP contribution in [0.4, 0.5) is 13.2 Å². The summed E-state index contributed by atoms with van der Waals surface area (Å²) < 4.78 is 46.3. The monoisotopic (exact) mass is 291 g/mol. The summed E-state index contributed by atoms with van der Waals surface area (Å²) in [5.41, 5.74) is 0. The molecule has 0 atom stereocenters. The molecule has 10 heteroatoms. The second-order valence-electron chi connectivity index (χ2n) is 3.04. The highest BCUT2D eigenvalue weighted by Gasteiger charge is 2.38. The van der Waals surface area contributed by atoms with E-state index in [-0.39, 0.29) is 6.54 Å². The van der Waals surface area contributed by atoms with E-state index in [4.69, 9.17) is 15.0 Å². The van der Waals surface area contributed by atoms with Gasteiger partial charge in [0.1, 0.15) is 0 Å². The largest absolute Gasteiger partial charge is 0.490 e. The first-order chi connectivity index (χ1) is 7.86. The molecule has 6 nitrogen and oxygen atoms in total. The molecule has 0 rings (SSSR count). The Kier molecular flexibility index (Phi) is 8.02. The number of carboxylic acids is 2. The summed E-state index contributed by atoms with van der Waals surface area (Å²) in [4.78, 5) is 18.8. The minimum Gasteiger partial charge on any atom is -0.478 e. The molecule has 0 fully saturated rings. The van der Waals surface area contributed by atoms with Crippen LogP contribution in [0.2, 0.25) is 0 Å². The Bertz CT molecular complexity index is 427. The highest BCUT2D eigenvalue weighted by atomic mass is 32.2. The van der Waals surface area contributed by atoms with Crippen LogP contribution in [0.25, 0.3) is 0 Å². The average Bonchev–Trinajstić information content (AvgIpc) is 2.10. The third-order valence-electron chi connectivity index (χ3n) is 0.994. The number of rotatable bonds is 3. The number of hydrogen-bond donors (Lipinski definition) is 2. The van der Waals surface area contributed by atoms with E-state index in [1.807, 2.05) is 0 Å². The van der Waals surface area contributed by atoms with Crippen molar-refractivity contribution in [3.05, 3.63) is 12.2 Å². The zero-order valence-electron chi connectivity index (χ0n) is 9.47. The number of carbonyl (C=O) groups is 2. The number of hydrogen-bond acceptors (Lipinski definition) is 4. The van der Waals surface area contributed by atoms with Gasteiger partial charge in [0, 0.05) is 28.3 Å². The van der Waals surface area contributed by atoms with E-state index >= 15 is 0 Å². The lowest BCUT2D eigenvalue weighted by Gasteiger charge is -1.93. The zero-order valence-corrected chi connectivity index (χ0v) is 10.3. The van der Waals surface area contributed by atoms with Gasteiger partial charge >= 0.3 is 18.1 Å². The third-order valence-corrected chi connectivity index (χ3v) is 1.76. The van der Waals surface area contributed by atoms with Crippen molar-refractivity contribution in [1.82, 2.24) is 0 Å². The number of aliphatic carboxylic acids is 2. The van der Waals surface area contributed by atoms with Crippen molar-refractivity contribution < 1.29 is 37.2 Å². The third kappa shape index (κ3) is 16.8. The number of halogens is 3. The molecule has 0 saturated carbocycles. The fourth-order valence-electron chi connectivity index (χ4n) is 0.376. The van der Waals surface area contributed by atoms with Gasteiger partial charge in [0.25, 0.3) is 0 Å². The molecule has 0 aromatic rings. The molecule has 0 aliphatic heterocycles. The molecule has 0 bridgehead atoms. The number of nitrogens with zero attached hydrogens (tertiary/aromatic N) is 1. The topological polar surface area (TPSA) is 104 Å². The van der Waals surface area contributed by atoms with Gasteiger partial charge < -0.3 is 10.2 Å². The standard InChI is InChI=1S/C6H11NO3S.C2HF3O2/c1-11(2,10)7-5-3-4-6(8)9;3-2(4,5)1(6)7/h3-4H,5H2,1-2H3,(H,8,9);(H,6,7). The van der Waals surface area contributed by atoms with Crippen LogP contribution in [0.1, 0.15) is 0 Å². The van der Waals surface area contributed by atoms with Crippen molar-refractivity contribution in [3.63, 3.8) is 0 Å². The van der Waals surface area contributed by atoms with E-state index in [1.54, 1.807) is 0 Å². The van der Waals surface area contributed by atoms with Gasteiger partial charge in [0.2, 0.25) is 0 Å². The van der Waals surface area contributed by atoms with Gasteiger partial charge in [-0.2, -0.15) is 13.2 Å². The minimum absolute atomic E-state index is 0.193. The number of alkyl halides is 3. The highest BCUT2D eigenvalue weighted by molar-refractivity contribution is 7.92. The van der Waals surface area contributed by atoms with Gasteiger partial charge in [-0.3, -0.25) is 4.21 Å². The van der Waals surface area contributed by atoms with E-state index in [2.05, 4.69) is 4.36 Å². The maximum atomic E-state index is 10.9. The lowest BCUT2D eigenvalue weighted by molar-refractivity contribution is -0.192. The first-order valence-corrected chi connectivity index (χ1v) is 6.52. The van der Waals surface area contributed by atoms with Crippen LogP contribution < -0.4 is 0 Å². The second-order valence-corrected chi connectivity index (χ2v) is 5.66. The van der Waals surface area contributed by atoms with E-state index in [0.29, 0.717) is 0 Å². The second kappa shape index (κ2) is 7.69. The van der Waals surface area contributed by atoms with Crippen molar-refractivity contribution in [1.29, 1.82) is 0 Å². The molecule has 0 saturated heterocycles. The van der Waals surface area contributed by atoms with Crippen molar-refractivity contribution >= 4 is 21.7 Å². The first kappa shape index (κ1) is 18.8. The van der Waals surface area contributed by atoms with Crippen LogP contribution in [0.15, 0.2) is 16.5 Å². The maximum absolute atomic E-state index is 10.9. The smallest absolute Gasteiger partial charge is 0.478 e. The predicted molar refractivity (Wildman–Crippen MR) is 57.8 cm³/mol. The normalized spacial score (nSPS) is 11.6. The summed E-state index contributed by atoms with van der Waals surface area (Å²) in [5, 5.41) is 15.3. The van der Waals surface area contributed by atoms with Crippen LogP contribution in [-0.2, 0) is 19.3 Å². The lowest BCUT2D eigenvalue weighted by atomic mass is 10.5. The summed E-state index contributed by atoms with van der Waals surface area (Å²) >= 11 is 0. The first-order valence-electron chi connectivity index (χ1n) is 4.18. The molecule has 106 valence electrons. The molecule has 0 aliphatic rings. The molecule has 0 heterocycles. The molecule has 0 aromatic carbocycles. The van der Waals surface area contributed by atoms with Crippen LogP contribution in [0.3, 0.4) is 0 Å². The Labute approximate surface area is 101 Å². The Morgan fingerprint density at radius 3 is 1.89 bits per heavy atom. The van der Waals surface area contributed by atoms with Crippen molar-refractivity contribution in [2.75, 3.05) is 19.1 Å². The van der Waals surface area contributed by atoms with Crippen LogP contribution in [-0.4, -0.2) is 51.6 Å². The van der Waals surface area contributed by atoms with Crippen LogP contribution in [0.5, 0.6) is 0 Å². The molecule has 0 aromatic heterocycles. The summed E-state index contributed by atoms with van der Waals surface area (Å²) in [6, 6.07) is 0. The Morgan fingerprint density at radius 2 is 1.67 bits per heavy atom. The van der Waals surface area contributed by atoms with Crippen molar-refractivity contribution in [2.24, 2.45) is 4.36 Å².